The van der Waals surface area contributed by atoms with Gasteiger partial charge in [-0.1, -0.05) is 26.0 Å². The molecule has 0 bridgehead atoms. The quantitative estimate of drug-likeness (QED) is 0.723. The summed E-state index contributed by atoms with van der Waals surface area (Å²) in [6.45, 7) is 5.42. The first kappa shape index (κ1) is 14.0. The van der Waals surface area contributed by atoms with Gasteiger partial charge in [-0.15, -0.1) is 11.3 Å². The number of thiophene rings is 1. The third kappa shape index (κ3) is 3.33. The average Bonchev–Trinajstić information content (AvgIpc) is 2.85. The van der Waals surface area contributed by atoms with Crippen LogP contribution < -0.4 is 5.32 Å². The Kier molecular flexibility index (Phi) is 5.21. The zero-order valence-corrected chi connectivity index (χ0v) is 13.7. The lowest BCUT2D eigenvalue weighted by molar-refractivity contribution is 0.545. The van der Waals surface area contributed by atoms with Crippen molar-refractivity contribution >= 4 is 33.9 Å². The molecule has 1 N–H and O–H groups in total. The topological polar surface area (TPSA) is 12.0 Å². The van der Waals surface area contributed by atoms with Crippen molar-refractivity contribution in [3.63, 3.8) is 0 Å². The smallest absolute Gasteiger partial charge is 0.0412 e. The summed E-state index contributed by atoms with van der Waals surface area (Å²) in [5.74, 6) is 0. The number of hydrogen-bond acceptors (Lipinski definition) is 2. The molecule has 1 unspecified atom stereocenters. The van der Waals surface area contributed by atoms with E-state index in [0.29, 0.717) is 6.04 Å². The third-order valence-electron chi connectivity index (χ3n) is 2.94. The first-order valence-electron chi connectivity index (χ1n) is 6.33. The second-order valence-corrected chi connectivity index (χ2v) is 6.59. The van der Waals surface area contributed by atoms with Crippen LogP contribution in [-0.4, -0.2) is 6.54 Å². The second-order valence-electron chi connectivity index (χ2n) is 4.23. The molecular formula is C15H18INS. The Morgan fingerprint density at radius 1 is 1.22 bits per heavy atom. The molecule has 1 aromatic heterocycles. The van der Waals surface area contributed by atoms with Crippen molar-refractivity contribution < 1.29 is 0 Å². The van der Waals surface area contributed by atoms with Gasteiger partial charge in [-0.2, -0.15) is 0 Å². The molecule has 0 aliphatic rings. The molecule has 96 valence electrons. The predicted molar refractivity (Wildman–Crippen MR) is 89.2 cm³/mol. The molecule has 18 heavy (non-hydrogen) atoms. The first-order valence-corrected chi connectivity index (χ1v) is 8.23. The standard InChI is InChI=1S/C15H18INS/c1-3-13(17-4-2)15-9-8-14(18-15)11-6-5-7-12(16)10-11/h5-10,13,17H,3-4H2,1-2H3. The number of benzene rings is 1. The van der Waals surface area contributed by atoms with Gasteiger partial charge in [0, 0.05) is 19.4 Å². The van der Waals surface area contributed by atoms with E-state index in [9.17, 15) is 0 Å². The van der Waals surface area contributed by atoms with Crippen LogP contribution in [0.2, 0.25) is 0 Å². The molecule has 1 atom stereocenters. The highest BCUT2D eigenvalue weighted by Crippen LogP contribution is 2.33. The number of rotatable bonds is 5. The Labute approximate surface area is 127 Å². The van der Waals surface area contributed by atoms with E-state index < -0.39 is 0 Å². The van der Waals surface area contributed by atoms with Gasteiger partial charge in [0.2, 0.25) is 0 Å². The van der Waals surface area contributed by atoms with Gasteiger partial charge in [0.25, 0.3) is 0 Å². The zero-order valence-electron chi connectivity index (χ0n) is 10.7. The van der Waals surface area contributed by atoms with E-state index in [1.165, 1.54) is 18.9 Å². The van der Waals surface area contributed by atoms with Crippen LogP contribution >= 0.6 is 33.9 Å². The van der Waals surface area contributed by atoms with Crippen LogP contribution in [0.25, 0.3) is 10.4 Å². The van der Waals surface area contributed by atoms with Crippen LogP contribution in [-0.2, 0) is 0 Å². The molecule has 1 heterocycles. The van der Waals surface area contributed by atoms with Crippen LogP contribution in [0, 0.1) is 3.57 Å². The molecule has 1 nitrogen and oxygen atoms in total. The van der Waals surface area contributed by atoms with Crippen LogP contribution in [0.4, 0.5) is 0 Å². The van der Waals surface area contributed by atoms with Gasteiger partial charge in [-0.3, -0.25) is 0 Å². The van der Waals surface area contributed by atoms with Crippen molar-refractivity contribution in [2.45, 2.75) is 26.3 Å². The van der Waals surface area contributed by atoms with Crippen LogP contribution in [0.5, 0.6) is 0 Å². The summed E-state index contributed by atoms with van der Waals surface area (Å²) in [4.78, 5) is 2.80. The largest absolute Gasteiger partial charge is 0.310 e. The Balaban J connectivity index is 2.24. The maximum atomic E-state index is 3.53. The van der Waals surface area contributed by atoms with Crippen molar-refractivity contribution in [1.82, 2.24) is 5.32 Å². The third-order valence-corrected chi connectivity index (χ3v) is 4.86. The summed E-state index contributed by atoms with van der Waals surface area (Å²) in [6, 6.07) is 13.7. The Morgan fingerprint density at radius 3 is 2.72 bits per heavy atom. The molecule has 2 rings (SSSR count). The lowest BCUT2D eigenvalue weighted by atomic mass is 10.1. The van der Waals surface area contributed by atoms with Crippen molar-refractivity contribution in [3.05, 3.63) is 44.8 Å². The summed E-state index contributed by atoms with van der Waals surface area (Å²) in [5, 5.41) is 3.53. The Bertz CT molecular complexity index is 507. The van der Waals surface area contributed by atoms with Crippen LogP contribution in [0.3, 0.4) is 0 Å². The van der Waals surface area contributed by atoms with Gasteiger partial charge < -0.3 is 5.32 Å². The lowest BCUT2D eigenvalue weighted by Crippen LogP contribution is -2.18. The molecule has 0 fully saturated rings. The molecule has 0 amide bonds. The highest BCUT2D eigenvalue weighted by molar-refractivity contribution is 14.1. The van der Waals surface area contributed by atoms with Gasteiger partial charge in [0.1, 0.15) is 0 Å². The lowest BCUT2D eigenvalue weighted by Gasteiger charge is -2.13. The Hall–Kier alpha value is -0.390. The normalized spacial score (nSPS) is 12.6. The highest BCUT2D eigenvalue weighted by Gasteiger charge is 2.11. The minimum absolute atomic E-state index is 0.497. The van der Waals surface area contributed by atoms with E-state index in [1.54, 1.807) is 0 Å². The fourth-order valence-corrected chi connectivity index (χ4v) is 3.74. The number of hydrogen-bond donors (Lipinski definition) is 1. The minimum atomic E-state index is 0.497. The molecule has 0 radical (unpaired) electrons. The molecule has 3 heteroatoms. The first-order chi connectivity index (χ1) is 8.74. The van der Waals surface area contributed by atoms with E-state index in [0.717, 1.165) is 13.0 Å². The molecule has 0 spiro atoms. The van der Waals surface area contributed by atoms with Crippen molar-refractivity contribution in [1.29, 1.82) is 0 Å². The minimum Gasteiger partial charge on any atom is -0.310 e. The SMILES string of the molecule is CCNC(CC)c1ccc(-c2cccc(I)c2)s1. The average molecular weight is 371 g/mol. The fourth-order valence-electron chi connectivity index (χ4n) is 2.03. The second kappa shape index (κ2) is 6.68. The van der Waals surface area contributed by atoms with E-state index in [-0.39, 0.29) is 0 Å². The van der Waals surface area contributed by atoms with Crippen molar-refractivity contribution in [3.8, 4) is 10.4 Å². The van der Waals surface area contributed by atoms with Gasteiger partial charge in [0.15, 0.2) is 0 Å². The number of halogens is 1. The monoisotopic (exact) mass is 371 g/mol. The summed E-state index contributed by atoms with van der Waals surface area (Å²) in [5.41, 5.74) is 1.32. The fraction of sp³-hybridized carbons (Fsp3) is 0.333. The summed E-state index contributed by atoms with van der Waals surface area (Å²) in [6.07, 6.45) is 1.14. The van der Waals surface area contributed by atoms with E-state index in [4.69, 9.17) is 0 Å². The summed E-state index contributed by atoms with van der Waals surface area (Å²) in [7, 11) is 0. The van der Waals surface area contributed by atoms with Crippen molar-refractivity contribution in [2.75, 3.05) is 6.54 Å². The maximum Gasteiger partial charge on any atom is 0.0412 e. The number of nitrogens with one attached hydrogen (secondary N) is 1. The Morgan fingerprint density at radius 2 is 2.06 bits per heavy atom. The van der Waals surface area contributed by atoms with Gasteiger partial charge in [-0.05, 0) is 65.4 Å². The summed E-state index contributed by atoms with van der Waals surface area (Å²) < 4.78 is 1.29. The van der Waals surface area contributed by atoms with E-state index in [1.807, 2.05) is 11.3 Å². The van der Waals surface area contributed by atoms with Gasteiger partial charge >= 0.3 is 0 Å². The summed E-state index contributed by atoms with van der Waals surface area (Å²) >= 11 is 4.27. The molecule has 0 aliphatic heterocycles. The molecule has 0 saturated carbocycles. The predicted octanol–water partition coefficient (Wildman–Crippen LogP) is 5.08. The van der Waals surface area contributed by atoms with Crippen molar-refractivity contribution in [2.24, 2.45) is 0 Å². The van der Waals surface area contributed by atoms with Crippen LogP contribution in [0.1, 0.15) is 31.2 Å². The van der Waals surface area contributed by atoms with E-state index in [2.05, 4.69) is 78.2 Å². The van der Waals surface area contributed by atoms with Gasteiger partial charge in [-0.25, -0.2) is 0 Å². The molecular weight excluding hydrogens is 353 g/mol. The van der Waals surface area contributed by atoms with E-state index >= 15 is 0 Å². The van der Waals surface area contributed by atoms with Crippen LogP contribution in [0.15, 0.2) is 36.4 Å². The molecule has 2 aromatic rings. The zero-order chi connectivity index (χ0) is 13.0. The molecule has 0 saturated heterocycles. The molecule has 1 aromatic carbocycles. The maximum absolute atomic E-state index is 3.53. The highest BCUT2D eigenvalue weighted by atomic mass is 127. The molecule has 0 aliphatic carbocycles. The van der Waals surface area contributed by atoms with Gasteiger partial charge in [0.05, 0.1) is 0 Å².